The fourth-order valence-electron chi connectivity index (χ4n) is 5.38. The quantitative estimate of drug-likeness (QED) is 0.250. The SMILES string of the molecule is CCC(=O)c1ccc2c(c1)nc(-c1ccc(C)cc1)n2[C@H]1CCC[C@@H](CC(=O)c2ccc(C)s2)C1. The molecule has 2 aromatic heterocycles. The van der Waals surface area contributed by atoms with Crippen LogP contribution in [0.3, 0.4) is 0 Å². The van der Waals surface area contributed by atoms with Crippen molar-refractivity contribution in [3.8, 4) is 11.4 Å². The molecule has 0 spiro atoms. The number of hydrogen-bond acceptors (Lipinski definition) is 4. The van der Waals surface area contributed by atoms with Crippen LogP contribution < -0.4 is 0 Å². The minimum absolute atomic E-state index is 0.137. The Morgan fingerprint density at radius 1 is 1.00 bits per heavy atom. The number of Topliss-reactive ketones (excluding diaryl/α,β-unsaturated/α-hetero) is 2. The summed E-state index contributed by atoms with van der Waals surface area (Å²) in [6, 6.07) is 18.7. The second-order valence-electron chi connectivity index (χ2n) is 9.88. The number of aryl methyl sites for hydroxylation is 2. The maximum Gasteiger partial charge on any atom is 0.173 e. The lowest BCUT2D eigenvalue weighted by atomic mass is 9.82. The summed E-state index contributed by atoms with van der Waals surface area (Å²) in [5.41, 5.74) is 4.96. The highest BCUT2D eigenvalue weighted by molar-refractivity contribution is 7.14. The van der Waals surface area contributed by atoms with E-state index in [1.165, 1.54) is 10.4 Å². The molecule has 2 atom stereocenters. The zero-order chi connectivity index (χ0) is 24.5. The van der Waals surface area contributed by atoms with Crippen molar-refractivity contribution >= 4 is 33.9 Å². The number of hydrogen-bond donors (Lipinski definition) is 0. The molecule has 2 heterocycles. The molecule has 0 radical (unpaired) electrons. The van der Waals surface area contributed by atoms with Gasteiger partial charge < -0.3 is 4.57 Å². The van der Waals surface area contributed by atoms with Gasteiger partial charge in [0.05, 0.1) is 15.9 Å². The normalized spacial score (nSPS) is 18.1. The smallest absolute Gasteiger partial charge is 0.173 e. The first-order chi connectivity index (χ1) is 16.9. The van der Waals surface area contributed by atoms with E-state index >= 15 is 0 Å². The summed E-state index contributed by atoms with van der Waals surface area (Å²) in [6.07, 6.45) is 5.33. The molecule has 1 saturated carbocycles. The standard InChI is InChI=1S/C30H32N2O2S/c1-4-27(33)23-13-14-26-25(18-23)31-30(22-11-8-19(2)9-12-22)32(26)24-7-5-6-21(16-24)17-28(34)29-15-10-20(3)35-29/h8-15,18,21,24H,4-7,16-17H2,1-3H3/t21-,24+/m1/s1. The first kappa shape index (κ1) is 23.7. The van der Waals surface area contributed by atoms with Crippen LogP contribution in [0.4, 0.5) is 0 Å². The van der Waals surface area contributed by atoms with E-state index in [4.69, 9.17) is 4.98 Å². The molecule has 35 heavy (non-hydrogen) atoms. The van der Waals surface area contributed by atoms with Crippen molar-refractivity contribution in [3.63, 3.8) is 0 Å². The highest BCUT2D eigenvalue weighted by atomic mass is 32.1. The van der Waals surface area contributed by atoms with E-state index in [0.717, 1.165) is 58.5 Å². The summed E-state index contributed by atoms with van der Waals surface area (Å²) >= 11 is 1.60. The molecule has 0 saturated heterocycles. The van der Waals surface area contributed by atoms with Crippen LogP contribution in [-0.4, -0.2) is 21.1 Å². The second-order valence-corrected chi connectivity index (χ2v) is 11.2. The number of fused-ring (bicyclic) bond motifs is 1. The molecule has 180 valence electrons. The van der Waals surface area contributed by atoms with Crippen LogP contribution in [0.1, 0.15) is 82.0 Å². The monoisotopic (exact) mass is 484 g/mol. The van der Waals surface area contributed by atoms with Gasteiger partial charge in [-0.05, 0) is 69.4 Å². The molecule has 2 aromatic carbocycles. The lowest BCUT2D eigenvalue weighted by molar-refractivity contribution is 0.0944. The first-order valence-corrected chi connectivity index (χ1v) is 13.5. The number of carbonyl (C=O) groups excluding carboxylic acids is 2. The molecule has 0 unspecified atom stereocenters. The van der Waals surface area contributed by atoms with Crippen LogP contribution in [0, 0.1) is 19.8 Å². The second kappa shape index (κ2) is 9.90. The van der Waals surface area contributed by atoms with E-state index in [1.54, 1.807) is 11.3 Å². The zero-order valence-corrected chi connectivity index (χ0v) is 21.5. The number of rotatable bonds is 7. The van der Waals surface area contributed by atoms with Gasteiger partial charge in [-0.3, -0.25) is 9.59 Å². The summed E-state index contributed by atoms with van der Waals surface area (Å²) in [5, 5.41) is 0. The maximum absolute atomic E-state index is 12.9. The Labute approximate surface area is 211 Å². The number of aromatic nitrogens is 2. The fraction of sp³-hybridized carbons (Fsp3) is 0.367. The van der Waals surface area contributed by atoms with Crippen LogP contribution in [-0.2, 0) is 0 Å². The number of thiophene rings is 1. The Bertz CT molecular complexity index is 1380. The van der Waals surface area contributed by atoms with Gasteiger partial charge in [0, 0.05) is 34.9 Å². The molecule has 0 N–H and O–H groups in total. The molecule has 1 aliphatic carbocycles. The Kier molecular flexibility index (Phi) is 6.70. The molecular weight excluding hydrogens is 452 g/mol. The third-order valence-electron chi connectivity index (χ3n) is 7.25. The van der Waals surface area contributed by atoms with Crippen LogP contribution in [0.5, 0.6) is 0 Å². The summed E-state index contributed by atoms with van der Waals surface area (Å²) in [6.45, 7) is 6.03. The van der Waals surface area contributed by atoms with Gasteiger partial charge in [-0.15, -0.1) is 11.3 Å². The Balaban J connectivity index is 1.50. The summed E-state index contributed by atoms with van der Waals surface area (Å²) in [4.78, 5) is 32.4. The van der Waals surface area contributed by atoms with Crippen LogP contribution in [0.25, 0.3) is 22.4 Å². The maximum atomic E-state index is 12.9. The van der Waals surface area contributed by atoms with E-state index in [1.807, 2.05) is 38.1 Å². The average molecular weight is 485 g/mol. The molecule has 1 fully saturated rings. The van der Waals surface area contributed by atoms with Crippen molar-refractivity contribution in [1.29, 1.82) is 0 Å². The van der Waals surface area contributed by atoms with E-state index in [9.17, 15) is 9.59 Å². The Morgan fingerprint density at radius 3 is 2.51 bits per heavy atom. The highest BCUT2D eigenvalue weighted by Gasteiger charge is 2.29. The van der Waals surface area contributed by atoms with E-state index < -0.39 is 0 Å². The van der Waals surface area contributed by atoms with Gasteiger partial charge in [0.2, 0.25) is 0 Å². The number of ketones is 2. The van der Waals surface area contributed by atoms with Crippen molar-refractivity contribution in [2.45, 2.75) is 65.3 Å². The zero-order valence-electron chi connectivity index (χ0n) is 20.7. The van der Waals surface area contributed by atoms with Gasteiger partial charge in [-0.2, -0.15) is 0 Å². The predicted molar refractivity (Wildman–Crippen MR) is 144 cm³/mol. The third kappa shape index (κ3) is 4.87. The highest BCUT2D eigenvalue weighted by Crippen LogP contribution is 2.40. The van der Waals surface area contributed by atoms with Gasteiger partial charge in [0.15, 0.2) is 11.6 Å². The van der Waals surface area contributed by atoms with Gasteiger partial charge in [-0.1, -0.05) is 43.2 Å². The van der Waals surface area contributed by atoms with Gasteiger partial charge in [-0.25, -0.2) is 4.98 Å². The summed E-state index contributed by atoms with van der Waals surface area (Å²) in [7, 11) is 0. The van der Waals surface area contributed by atoms with E-state index in [0.29, 0.717) is 18.8 Å². The van der Waals surface area contributed by atoms with Crippen molar-refractivity contribution < 1.29 is 9.59 Å². The minimum atomic E-state index is 0.137. The average Bonchev–Trinajstić information content (AvgIpc) is 3.47. The third-order valence-corrected chi connectivity index (χ3v) is 8.29. The Hall–Kier alpha value is -3.05. The molecule has 4 nitrogen and oxygen atoms in total. The lowest BCUT2D eigenvalue weighted by Crippen LogP contribution is -2.22. The van der Waals surface area contributed by atoms with Crippen molar-refractivity contribution in [3.05, 3.63) is 75.5 Å². The molecule has 0 amide bonds. The fourth-order valence-corrected chi connectivity index (χ4v) is 6.20. The van der Waals surface area contributed by atoms with E-state index in [-0.39, 0.29) is 17.6 Å². The van der Waals surface area contributed by atoms with Gasteiger partial charge in [0.25, 0.3) is 0 Å². The molecule has 0 bridgehead atoms. The summed E-state index contributed by atoms with van der Waals surface area (Å²) in [5.74, 6) is 1.73. The molecule has 0 aliphatic heterocycles. The first-order valence-electron chi connectivity index (χ1n) is 12.6. The van der Waals surface area contributed by atoms with Gasteiger partial charge in [0.1, 0.15) is 5.82 Å². The number of carbonyl (C=O) groups is 2. The number of benzene rings is 2. The molecular formula is C30H32N2O2S. The lowest BCUT2D eigenvalue weighted by Gasteiger charge is -2.31. The predicted octanol–water partition coefficient (Wildman–Crippen LogP) is 7.98. The Morgan fingerprint density at radius 2 is 1.80 bits per heavy atom. The summed E-state index contributed by atoms with van der Waals surface area (Å²) < 4.78 is 2.38. The van der Waals surface area contributed by atoms with Gasteiger partial charge >= 0.3 is 0 Å². The number of imidazole rings is 1. The van der Waals surface area contributed by atoms with Crippen molar-refractivity contribution in [2.75, 3.05) is 0 Å². The van der Waals surface area contributed by atoms with Crippen LogP contribution in [0.15, 0.2) is 54.6 Å². The number of nitrogens with zero attached hydrogens (tertiary/aromatic N) is 2. The van der Waals surface area contributed by atoms with Crippen molar-refractivity contribution in [2.24, 2.45) is 5.92 Å². The molecule has 4 aromatic rings. The molecule has 5 rings (SSSR count). The molecule has 1 aliphatic rings. The molecule has 5 heteroatoms. The largest absolute Gasteiger partial charge is 0.321 e. The van der Waals surface area contributed by atoms with Crippen LogP contribution >= 0.6 is 11.3 Å². The van der Waals surface area contributed by atoms with Crippen molar-refractivity contribution in [1.82, 2.24) is 9.55 Å². The topological polar surface area (TPSA) is 52.0 Å². The minimum Gasteiger partial charge on any atom is -0.321 e. The van der Waals surface area contributed by atoms with Crippen LogP contribution in [0.2, 0.25) is 0 Å². The van der Waals surface area contributed by atoms with E-state index in [2.05, 4.69) is 41.8 Å².